The van der Waals surface area contributed by atoms with Crippen molar-refractivity contribution in [2.45, 2.75) is 25.3 Å². The molecule has 2 rings (SSSR count). The second-order valence-electron chi connectivity index (χ2n) is 4.82. The van der Waals surface area contributed by atoms with Crippen molar-refractivity contribution in [3.63, 3.8) is 0 Å². The fraction of sp³-hybridized carbons (Fsp3) is 0.200. The van der Waals surface area contributed by atoms with Crippen molar-refractivity contribution in [1.29, 1.82) is 0 Å². The minimum Gasteiger partial charge on any atom is -0.508 e. The monoisotopic (exact) mass is 309 g/mol. The molecule has 0 amide bonds. The molecule has 0 heterocycles. The molecule has 0 atom stereocenters. The number of rotatable bonds is 4. The van der Waals surface area contributed by atoms with Gasteiger partial charge in [0.15, 0.2) is 0 Å². The number of benzene rings is 2. The molecule has 2 aromatic rings. The normalized spacial score (nSPS) is 11.6. The van der Waals surface area contributed by atoms with E-state index in [4.69, 9.17) is 0 Å². The number of aryl methyl sites for hydroxylation is 2. The number of halogens is 1. The molecule has 0 fully saturated rings. The Bertz CT molecular complexity index is 749. The maximum atomic E-state index is 13.3. The predicted molar refractivity (Wildman–Crippen MR) is 78.0 cm³/mol. The van der Waals surface area contributed by atoms with Crippen molar-refractivity contribution >= 4 is 10.0 Å². The Morgan fingerprint density at radius 3 is 2.29 bits per heavy atom. The molecule has 0 radical (unpaired) electrons. The van der Waals surface area contributed by atoms with Gasteiger partial charge < -0.3 is 5.11 Å². The summed E-state index contributed by atoms with van der Waals surface area (Å²) in [6.45, 7) is 3.06. The predicted octanol–water partition coefficient (Wildman–Crippen LogP) is 2.63. The van der Waals surface area contributed by atoms with Gasteiger partial charge in [0.05, 0.1) is 4.90 Å². The van der Waals surface area contributed by atoms with Gasteiger partial charge in [-0.05, 0) is 43.2 Å². The van der Waals surface area contributed by atoms with Crippen LogP contribution in [0, 0.1) is 19.7 Å². The summed E-state index contributed by atoms with van der Waals surface area (Å²) in [6.07, 6.45) is 0. The van der Waals surface area contributed by atoms with Crippen LogP contribution in [0.2, 0.25) is 0 Å². The molecule has 6 heteroatoms. The van der Waals surface area contributed by atoms with E-state index in [0.717, 1.165) is 0 Å². The van der Waals surface area contributed by atoms with E-state index in [-0.39, 0.29) is 17.2 Å². The quantitative estimate of drug-likeness (QED) is 0.912. The van der Waals surface area contributed by atoms with Crippen LogP contribution in [0.3, 0.4) is 0 Å². The summed E-state index contributed by atoms with van der Waals surface area (Å²) in [4.78, 5) is 0.0688. The van der Waals surface area contributed by atoms with Gasteiger partial charge in [-0.15, -0.1) is 0 Å². The van der Waals surface area contributed by atoms with Gasteiger partial charge in [-0.2, -0.15) is 0 Å². The van der Waals surface area contributed by atoms with E-state index in [0.29, 0.717) is 16.7 Å². The third kappa shape index (κ3) is 3.40. The molecule has 0 aliphatic heterocycles. The molecule has 0 spiro atoms. The zero-order valence-electron chi connectivity index (χ0n) is 11.7. The first kappa shape index (κ1) is 15.5. The van der Waals surface area contributed by atoms with Gasteiger partial charge >= 0.3 is 0 Å². The number of phenolic OH excluding ortho intramolecular Hbond substituents is 1. The van der Waals surface area contributed by atoms with Crippen LogP contribution in [0.1, 0.15) is 16.7 Å². The Labute approximate surface area is 123 Å². The lowest BCUT2D eigenvalue weighted by Crippen LogP contribution is -2.25. The van der Waals surface area contributed by atoms with Gasteiger partial charge in [-0.25, -0.2) is 17.5 Å². The van der Waals surface area contributed by atoms with Gasteiger partial charge in [-0.1, -0.05) is 18.2 Å². The first-order chi connectivity index (χ1) is 9.81. The first-order valence-electron chi connectivity index (χ1n) is 6.34. The molecule has 0 bridgehead atoms. The summed E-state index contributed by atoms with van der Waals surface area (Å²) in [6, 6.07) is 8.84. The third-order valence-electron chi connectivity index (χ3n) is 3.14. The van der Waals surface area contributed by atoms with E-state index < -0.39 is 15.8 Å². The van der Waals surface area contributed by atoms with E-state index in [1.54, 1.807) is 32.0 Å². The highest BCUT2D eigenvalue weighted by Gasteiger charge is 2.20. The molecule has 0 aromatic heterocycles. The number of aromatic hydroxyl groups is 1. The summed E-state index contributed by atoms with van der Waals surface area (Å²) < 4.78 is 40.4. The maximum Gasteiger partial charge on any atom is 0.241 e. The highest BCUT2D eigenvalue weighted by Crippen LogP contribution is 2.22. The SMILES string of the molecule is Cc1cc(F)cc(C)c1S(=O)(=O)NCc1ccccc1O. The Morgan fingerprint density at radius 2 is 1.71 bits per heavy atom. The Morgan fingerprint density at radius 1 is 1.14 bits per heavy atom. The van der Waals surface area contributed by atoms with Crippen LogP contribution in [0.15, 0.2) is 41.3 Å². The minimum atomic E-state index is -3.78. The number of hydrogen-bond donors (Lipinski definition) is 2. The number of hydrogen-bond acceptors (Lipinski definition) is 3. The van der Waals surface area contributed by atoms with Gasteiger partial charge in [0, 0.05) is 12.1 Å². The molecule has 2 N–H and O–H groups in total. The molecule has 0 unspecified atom stereocenters. The van der Waals surface area contributed by atoms with Crippen LogP contribution in [0.5, 0.6) is 5.75 Å². The molecule has 4 nitrogen and oxygen atoms in total. The molecule has 21 heavy (non-hydrogen) atoms. The highest BCUT2D eigenvalue weighted by molar-refractivity contribution is 7.89. The fourth-order valence-electron chi connectivity index (χ4n) is 2.23. The Kier molecular flexibility index (Phi) is 4.29. The summed E-state index contributed by atoms with van der Waals surface area (Å²) >= 11 is 0. The minimum absolute atomic E-state index is 0.0211. The second-order valence-corrected chi connectivity index (χ2v) is 6.53. The zero-order valence-corrected chi connectivity index (χ0v) is 12.5. The summed E-state index contributed by atoms with van der Waals surface area (Å²) in [5.74, 6) is -0.447. The van der Waals surface area contributed by atoms with Crippen molar-refractivity contribution in [2.24, 2.45) is 0 Å². The number of nitrogens with one attached hydrogen (secondary N) is 1. The van der Waals surface area contributed by atoms with Gasteiger partial charge in [-0.3, -0.25) is 0 Å². The zero-order chi connectivity index (χ0) is 15.6. The lowest BCUT2D eigenvalue weighted by Gasteiger charge is -2.12. The second kappa shape index (κ2) is 5.83. The average molecular weight is 309 g/mol. The first-order valence-corrected chi connectivity index (χ1v) is 7.83. The van der Waals surface area contributed by atoms with E-state index in [1.807, 2.05) is 0 Å². The number of para-hydroxylation sites is 1. The fourth-order valence-corrected chi connectivity index (χ4v) is 3.68. The largest absolute Gasteiger partial charge is 0.508 e. The van der Waals surface area contributed by atoms with Crippen LogP contribution in [-0.4, -0.2) is 13.5 Å². The smallest absolute Gasteiger partial charge is 0.241 e. The molecular weight excluding hydrogens is 293 g/mol. The molecule has 0 aliphatic carbocycles. The standard InChI is InChI=1S/C15H16FNO3S/c1-10-7-13(16)8-11(2)15(10)21(19,20)17-9-12-5-3-4-6-14(12)18/h3-8,17-18H,9H2,1-2H3. The van der Waals surface area contributed by atoms with Crippen molar-refractivity contribution in [1.82, 2.24) is 4.72 Å². The Hall–Kier alpha value is -1.92. The molecule has 0 aliphatic rings. The number of sulfonamides is 1. The average Bonchev–Trinajstić information content (AvgIpc) is 2.36. The van der Waals surface area contributed by atoms with Gasteiger partial charge in [0.1, 0.15) is 11.6 Å². The maximum absolute atomic E-state index is 13.3. The van der Waals surface area contributed by atoms with E-state index in [2.05, 4.69) is 4.72 Å². The lowest BCUT2D eigenvalue weighted by molar-refractivity contribution is 0.467. The van der Waals surface area contributed by atoms with Gasteiger partial charge in [0.2, 0.25) is 10.0 Å². The van der Waals surface area contributed by atoms with Crippen LogP contribution >= 0.6 is 0 Å². The molecular formula is C15H16FNO3S. The highest BCUT2D eigenvalue weighted by atomic mass is 32.2. The van der Waals surface area contributed by atoms with Crippen molar-refractivity contribution in [2.75, 3.05) is 0 Å². The van der Waals surface area contributed by atoms with Crippen molar-refractivity contribution < 1.29 is 17.9 Å². The summed E-state index contributed by atoms with van der Waals surface area (Å²) in [5.41, 5.74) is 1.16. The third-order valence-corrected chi connectivity index (χ3v) is 4.84. The lowest BCUT2D eigenvalue weighted by atomic mass is 10.1. The van der Waals surface area contributed by atoms with E-state index in [9.17, 15) is 17.9 Å². The van der Waals surface area contributed by atoms with Crippen molar-refractivity contribution in [3.05, 3.63) is 58.9 Å². The van der Waals surface area contributed by atoms with E-state index in [1.165, 1.54) is 18.2 Å². The van der Waals surface area contributed by atoms with Crippen LogP contribution in [0.4, 0.5) is 4.39 Å². The molecule has 2 aromatic carbocycles. The molecule has 0 saturated heterocycles. The van der Waals surface area contributed by atoms with Crippen LogP contribution in [0.25, 0.3) is 0 Å². The van der Waals surface area contributed by atoms with Gasteiger partial charge in [0.25, 0.3) is 0 Å². The van der Waals surface area contributed by atoms with Crippen LogP contribution < -0.4 is 4.72 Å². The molecule has 112 valence electrons. The topological polar surface area (TPSA) is 66.4 Å². The van der Waals surface area contributed by atoms with Crippen molar-refractivity contribution in [3.8, 4) is 5.75 Å². The van der Waals surface area contributed by atoms with Crippen LogP contribution in [-0.2, 0) is 16.6 Å². The molecule has 0 saturated carbocycles. The number of phenols is 1. The summed E-state index contributed by atoms with van der Waals surface area (Å²) in [7, 11) is -3.78. The summed E-state index contributed by atoms with van der Waals surface area (Å²) in [5, 5.41) is 9.64. The van der Waals surface area contributed by atoms with E-state index >= 15 is 0 Å². The Balaban J connectivity index is 2.30.